The number of rotatable bonds is 5. The number of halogens is 3. The van der Waals surface area contributed by atoms with Gasteiger partial charge in [-0.05, 0) is 31.2 Å². The summed E-state index contributed by atoms with van der Waals surface area (Å²) < 4.78 is 33.7. The number of nitriles is 1. The van der Waals surface area contributed by atoms with Crippen LogP contribution in [0.15, 0.2) is 48.5 Å². The summed E-state index contributed by atoms with van der Waals surface area (Å²) in [5, 5.41) is 14.7. The summed E-state index contributed by atoms with van der Waals surface area (Å²) in [5.41, 5.74) is 2.82. The third-order valence-corrected chi connectivity index (χ3v) is 4.68. The van der Waals surface area contributed by atoms with Crippen molar-refractivity contribution in [3.05, 3.63) is 64.9 Å². The van der Waals surface area contributed by atoms with Crippen molar-refractivity contribution < 1.29 is 13.5 Å². The van der Waals surface area contributed by atoms with Gasteiger partial charge in [0.05, 0.1) is 11.3 Å². The molecule has 0 radical (unpaired) electrons. The fraction of sp³-hybridized carbons (Fsp3) is 0.182. The first-order valence-corrected chi connectivity index (χ1v) is 9.68. The van der Waals surface area contributed by atoms with Gasteiger partial charge in [0, 0.05) is 17.5 Å². The Labute approximate surface area is 181 Å². The average Bonchev–Trinajstić information content (AvgIpc) is 3.11. The van der Waals surface area contributed by atoms with Crippen molar-refractivity contribution in [2.75, 3.05) is 6.61 Å². The molecule has 0 N–H and O–H groups in total. The molecule has 4 aromatic rings. The molecule has 0 unspecified atom stereocenters. The lowest BCUT2D eigenvalue weighted by atomic mass is 10.1. The maximum atomic E-state index is 13.4. The van der Waals surface area contributed by atoms with Crippen LogP contribution in [0.2, 0.25) is 5.02 Å². The van der Waals surface area contributed by atoms with E-state index in [9.17, 15) is 14.0 Å². The van der Waals surface area contributed by atoms with Gasteiger partial charge in [0.2, 0.25) is 5.88 Å². The van der Waals surface area contributed by atoms with Crippen LogP contribution in [-0.2, 0) is 0 Å². The number of alkyl halides is 2. The molecule has 156 valence electrons. The summed E-state index contributed by atoms with van der Waals surface area (Å²) in [7, 11) is 0. The van der Waals surface area contributed by atoms with E-state index in [0.717, 1.165) is 12.5 Å². The minimum atomic E-state index is -3.04. The first-order chi connectivity index (χ1) is 14.8. The normalized spacial score (nSPS) is 11.5. The molecule has 0 saturated carbocycles. The fourth-order valence-electron chi connectivity index (χ4n) is 3.14. The highest BCUT2D eigenvalue weighted by Gasteiger charge is 2.26. The largest absolute Gasteiger partial charge is 0.470 e. The van der Waals surface area contributed by atoms with Crippen LogP contribution in [-0.4, -0.2) is 32.3 Å². The number of aryl methyl sites for hydroxylation is 1. The highest BCUT2D eigenvalue weighted by atomic mass is 35.5. The van der Waals surface area contributed by atoms with Crippen molar-refractivity contribution in [2.24, 2.45) is 0 Å². The maximum absolute atomic E-state index is 13.4. The molecule has 0 amide bonds. The van der Waals surface area contributed by atoms with Crippen molar-refractivity contribution in [2.45, 2.75) is 19.8 Å². The van der Waals surface area contributed by atoms with E-state index < -0.39 is 12.5 Å². The lowest BCUT2D eigenvalue weighted by Gasteiger charge is -2.11. The van der Waals surface area contributed by atoms with E-state index in [1.54, 1.807) is 60.1 Å². The number of ether oxygens (including phenoxy) is 1. The van der Waals surface area contributed by atoms with Crippen LogP contribution in [0.3, 0.4) is 0 Å². The highest BCUT2D eigenvalue weighted by molar-refractivity contribution is 6.30. The van der Waals surface area contributed by atoms with E-state index in [4.69, 9.17) is 16.3 Å². The van der Waals surface area contributed by atoms with E-state index in [1.165, 1.54) is 0 Å². The van der Waals surface area contributed by atoms with Crippen molar-refractivity contribution in [1.82, 2.24) is 19.7 Å². The zero-order chi connectivity index (χ0) is 22.2. The Morgan fingerprint density at radius 3 is 2.48 bits per heavy atom. The number of hydrogen-bond donors (Lipinski definition) is 0. The number of para-hydroxylation sites is 1. The molecule has 2 aromatic heterocycles. The van der Waals surface area contributed by atoms with Crippen molar-refractivity contribution in [3.8, 4) is 28.9 Å². The molecule has 0 bridgehead atoms. The smallest absolute Gasteiger partial charge is 0.278 e. The SMILES string of the molecule is Cc1nc(OCC(C)(F)F)c2nn(-c3ccccc3C#N)c(-c3ccc(Cl)cc3)c2n1. The van der Waals surface area contributed by atoms with Gasteiger partial charge >= 0.3 is 0 Å². The number of aromatic nitrogens is 4. The maximum Gasteiger partial charge on any atom is 0.278 e. The van der Waals surface area contributed by atoms with E-state index in [-0.39, 0.29) is 11.4 Å². The van der Waals surface area contributed by atoms with Gasteiger partial charge < -0.3 is 4.74 Å². The zero-order valence-electron chi connectivity index (χ0n) is 16.6. The van der Waals surface area contributed by atoms with Gasteiger partial charge in [0.15, 0.2) is 12.1 Å². The standard InChI is InChI=1S/C22H16ClF2N5O/c1-13-27-18-19(21(28-13)31-12-22(2,24)25)29-30(17-6-4-3-5-15(17)11-26)20(18)14-7-9-16(23)10-8-14/h3-10H,12H2,1-2H3. The molecule has 0 aliphatic carbocycles. The van der Waals surface area contributed by atoms with Gasteiger partial charge in [-0.1, -0.05) is 35.9 Å². The Morgan fingerprint density at radius 1 is 1.10 bits per heavy atom. The van der Waals surface area contributed by atoms with E-state index >= 15 is 0 Å². The molecule has 6 nitrogen and oxygen atoms in total. The molecule has 0 atom stereocenters. The fourth-order valence-corrected chi connectivity index (χ4v) is 3.26. The monoisotopic (exact) mass is 439 g/mol. The van der Waals surface area contributed by atoms with Gasteiger partial charge in [-0.3, -0.25) is 0 Å². The molecule has 31 heavy (non-hydrogen) atoms. The van der Waals surface area contributed by atoms with Crippen LogP contribution >= 0.6 is 11.6 Å². The second-order valence-corrected chi connectivity index (χ2v) is 7.46. The Bertz CT molecular complexity index is 1310. The predicted octanol–water partition coefficient (Wildman–Crippen LogP) is 5.35. The predicted molar refractivity (Wildman–Crippen MR) is 113 cm³/mol. The van der Waals surface area contributed by atoms with Crippen molar-refractivity contribution in [1.29, 1.82) is 5.26 Å². The van der Waals surface area contributed by atoms with Gasteiger partial charge in [-0.25, -0.2) is 18.4 Å². The van der Waals surface area contributed by atoms with Crippen LogP contribution in [0.5, 0.6) is 5.88 Å². The van der Waals surface area contributed by atoms with Gasteiger partial charge in [-0.2, -0.15) is 15.3 Å². The molecule has 0 spiro atoms. The number of nitrogens with zero attached hydrogens (tertiary/aromatic N) is 5. The summed E-state index contributed by atoms with van der Waals surface area (Å²) >= 11 is 6.05. The van der Waals surface area contributed by atoms with Gasteiger partial charge in [0.1, 0.15) is 23.1 Å². The summed E-state index contributed by atoms with van der Waals surface area (Å²) in [4.78, 5) is 8.68. The second-order valence-electron chi connectivity index (χ2n) is 7.03. The van der Waals surface area contributed by atoms with Crippen LogP contribution in [0.1, 0.15) is 18.3 Å². The molecule has 0 fully saturated rings. The second kappa shape index (κ2) is 7.93. The third kappa shape index (κ3) is 4.18. The van der Waals surface area contributed by atoms with E-state index in [1.807, 2.05) is 0 Å². The molecule has 2 aromatic carbocycles. The number of fused-ring (bicyclic) bond motifs is 1. The van der Waals surface area contributed by atoms with Crippen LogP contribution in [0, 0.1) is 18.3 Å². The van der Waals surface area contributed by atoms with Crippen molar-refractivity contribution >= 4 is 22.6 Å². The molecular weight excluding hydrogens is 424 g/mol. The molecule has 2 heterocycles. The van der Waals surface area contributed by atoms with Crippen LogP contribution in [0.4, 0.5) is 8.78 Å². The summed E-state index contributed by atoms with van der Waals surface area (Å²) in [6.45, 7) is 1.55. The van der Waals surface area contributed by atoms with E-state index in [0.29, 0.717) is 33.3 Å². The number of hydrogen-bond acceptors (Lipinski definition) is 5. The molecular formula is C22H16ClF2N5O. The Hall–Kier alpha value is -3.57. The Balaban J connectivity index is 2.03. The summed E-state index contributed by atoms with van der Waals surface area (Å²) in [6, 6.07) is 16.1. The first kappa shape index (κ1) is 20.7. The summed E-state index contributed by atoms with van der Waals surface area (Å²) in [6.07, 6.45) is 0. The highest BCUT2D eigenvalue weighted by Crippen LogP contribution is 2.35. The molecule has 0 aliphatic heterocycles. The van der Waals surface area contributed by atoms with Crippen LogP contribution in [0.25, 0.3) is 28.0 Å². The quantitative estimate of drug-likeness (QED) is 0.419. The lowest BCUT2D eigenvalue weighted by molar-refractivity contribution is -0.0238. The Kier molecular flexibility index (Phi) is 5.29. The van der Waals surface area contributed by atoms with Gasteiger partial charge in [0.25, 0.3) is 5.92 Å². The minimum Gasteiger partial charge on any atom is -0.470 e. The Morgan fingerprint density at radius 2 is 1.81 bits per heavy atom. The molecule has 4 rings (SSSR count). The van der Waals surface area contributed by atoms with Crippen LogP contribution < -0.4 is 4.74 Å². The molecule has 9 heteroatoms. The average molecular weight is 440 g/mol. The number of benzene rings is 2. The lowest BCUT2D eigenvalue weighted by Crippen LogP contribution is -2.21. The van der Waals surface area contributed by atoms with Crippen molar-refractivity contribution in [3.63, 3.8) is 0 Å². The molecule has 0 saturated heterocycles. The van der Waals surface area contributed by atoms with E-state index in [2.05, 4.69) is 21.1 Å². The minimum absolute atomic E-state index is 0.0487. The molecule has 0 aliphatic rings. The third-order valence-electron chi connectivity index (χ3n) is 4.43. The topological polar surface area (TPSA) is 76.6 Å². The summed E-state index contributed by atoms with van der Waals surface area (Å²) in [5.74, 6) is -2.75. The van der Waals surface area contributed by atoms with Gasteiger partial charge in [-0.15, -0.1) is 0 Å². The first-order valence-electron chi connectivity index (χ1n) is 9.30. The zero-order valence-corrected chi connectivity index (χ0v) is 17.4.